The molecule has 0 bridgehead atoms. The molecule has 1 fully saturated rings. The van der Waals surface area contributed by atoms with Crippen LogP contribution >= 0.6 is 0 Å². The molecule has 0 unspecified atom stereocenters. The maximum absolute atomic E-state index is 10.5. The lowest BCUT2D eigenvalue weighted by Gasteiger charge is -2.25. The molecular formula is C11H17N3O. The number of carbonyl (C=O) groups excluding carboxylic acids is 1. The number of nitrogens with one attached hydrogen (secondary N) is 1. The lowest BCUT2D eigenvalue weighted by atomic mass is 10.4. The van der Waals surface area contributed by atoms with Gasteiger partial charge in [0.2, 0.25) is 0 Å². The topological polar surface area (TPSA) is 58.4 Å². The molecule has 2 rings (SSSR count). The summed E-state index contributed by atoms with van der Waals surface area (Å²) in [7, 11) is 0. The molecule has 1 heterocycles. The van der Waals surface area contributed by atoms with Crippen LogP contribution in [0.3, 0.4) is 0 Å². The highest BCUT2D eigenvalue weighted by Gasteiger charge is 2.11. The second-order valence-electron chi connectivity index (χ2n) is 3.23. The van der Waals surface area contributed by atoms with Gasteiger partial charge in [-0.15, -0.1) is 0 Å². The first-order valence-electron chi connectivity index (χ1n) is 5.06. The summed E-state index contributed by atoms with van der Waals surface area (Å²) >= 11 is 0. The summed E-state index contributed by atoms with van der Waals surface area (Å²) in [5, 5.41) is 3.12. The lowest BCUT2D eigenvalue weighted by Crippen LogP contribution is -2.48. The number of urea groups is 1. The van der Waals surface area contributed by atoms with Crippen molar-refractivity contribution >= 4 is 6.03 Å². The van der Waals surface area contributed by atoms with Gasteiger partial charge in [0.1, 0.15) is 0 Å². The number of amides is 2. The van der Waals surface area contributed by atoms with Gasteiger partial charge in [-0.05, 0) is 0 Å². The third-order valence-electron chi connectivity index (χ3n) is 2.10. The molecule has 0 saturated carbocycles. The first kappa shape index (κ1) is 11.5. The smallest absolute Gasteiger partial charge is 0.314 e. The fourth-order valence-corrected chi connectivity index (χ4v) is 1.27. The number of nitrogens with two attached hydrogens (primary N) is 1. The summed E-state index contributed by atoms with van der Waals surface area (Å²) in [6.07, 6.45) is 0. The predicted octanol–water partition coefficient (Wildman–Crippen LogP) is 0.657. The lowest BCUT2D eigenvalue weighted by molar-refractivity contribution is 0.200. The Morgan fingerprint density at radius 1 is 1.00 bits per heavy atom. The maximum atomic E-state index is 10.5. The fourth-order valence-electron chi connectivity index (χ4n) is 1.27. The first-order valence-corrected chi connectivity index (χ1v) is 5.06. The van der Waals surface area contributed by atoms with E-state index >= 15 is 0 Å². The SMILES string of the molecule is NC(=O)N1CCNCC1.c1ccccc1. The van der Waals surface area contributed by atoms with Gasteiger partial charge in [-0.3, -0.25) is 0 Å². The molecule has 1 aliphatic rings. The van der Waals surface area contributed by atoms with Gasteiger partial charge < -0.3 is 16.0 Å². The Labute approximate surface area is 90.1 Å². The number of rotatable bonds is 0. The molecule has 0 aliphatic carbocycles. The molecule has 1 aliphatic heterocycles. The predicted molar refractivity (Wildman–Crippen MR) is 60.5 cm³/mol. The van der Waals surface area contributed by atoms with Crippen molar-refractivity contribution in [2.45, 2.75) is 0 Å². The number of hydrogen-bond acceptors (Lipinski definition) is 2. The van der Waals surface area contributed by atoms with E-state index in [0.29, 0.717) is 0 Å². The van der Waals surface area contributed by atoms with Gasteiger partial charge in [0, 0.05) is 26.2 Å². The summed E-state index contributed by atoms with van der Waals surface area (Å²) < 4.78 is 0. The second kappa shape index (κ2) is 6.84. The first-order chi connectivity index (χ1) is 7.30. The standard InChI is InChI=1S/C6H6.C5H11N3O/c1-2-4-6-5-3-1;6-5(9)8-3-1-7-2-4-8/h1-6H;7H,1-4H2,(H2,6,9). The molecule has 3 N–H and O–H groups in total. The van der Waals surface area contributed by atoms with Crippen molar-refractivity contribution in [1.82, 2.24) is 10.2 Å². The van der Waals surface area contributed by atoms with E-state index < -0.39 is 0 Å². The van der Waals surface area contributed by atoms with E-state index in [1.54, 1.807) is 4.90 Å². The summed E-state index contributed by atoms with van der Waals surface area (Å²) in [6.45, 7) is 3.22. The fraction of sp³-hybridized carbons (Fsp3) is 0.364. The molecule has 1 saturated heterocycles. The van der Waals surface area contributed by atoms with Gasteiger partial charge >= 0.3 is 6.03 Å². The van der Waals surface area contributed by atoms with E-state index in [1.165, 1.54) is 0 Å². The van der Waals surface area contributed by atoms with Crippen molar-refractivity contribution in [3.63, 3.8) is 0 Å². The summed E-state index contributed by atoms with van der Waals surface area (Å²) in [4.78, 5) is 12.1. The van der Waals surface area contributed by atoms with E-state index in [2.05, 4.69) is 5.32 Å². The monoisotopic (exact) mass is 207 g/mol. The zero-order valence-corrected chi connectivity index (χ0v) is 8.73. The van der Waals surface area contributed by atoms with Crippen LogP contribution in [-0.4, -0.2) is 37.1 Å². The van der Waals surface area contributed by atoms with Crippen LogP contribution in [0.1, 0.15) is 0 Å². The number of primary amides is 1. The molecule has 0 radical (unpaired) electrons. The molecule has 4 heteroatoms. The molecule has 4 nitrogen and oxygen atoms in total. The highest BCUT2D eigenvalue weighted by Crippen LogP contribution is 1.89. The minimum Gasteiger partial charge on any atom is -0.351 e. The molecule has 0 aromatic heterocycles. The van der Waals surface area contributed by atoms with Gasteiger partial charge in [0.25, 0.3) is 0 Å². The van der Waals surface area contributed by atoms with Crippen LogP contribution in [0.15, 0.2) is 36.4 Å². The third-order valence-corrected chi connectivity index (χ3v) is 2.10. The Bertz CT molecular complexity index is 244. The molecule has 15 heavy (non-hydrogen) atoms. The number of nitrogens with zero attached hydrogens (tertiary/aromatic N) is 1. The van der Waals surface area contributed by atoms with Crippen molar-refractivity contribution in [2.75, 3.05) is 26.2 Å². The minimum absolute atomic E-state index is 0.309. The van der Waals surface area contributed by atoms with Crippen LogP contribution in [0.4, 0.5) is 4.79 Å². The molecule has 1 aromatic carbocycles. The second-order valence-corrected chi connectivity index (χ2v) is 3.23. The Balaban J connectivity index is 0.000000162. The van der Waals surface area contributed by atoms with E-state index in [-0.39, 0.29) is 6.03 Å². The van der Waals surface area contributed by atoms with Crippen LogP contribution in [-0.2, 0) is 0 Å². The largest absolute Gasteiger partial charge is 0.351 e. The average Bonchev–Trinajstić information content (AvgIpc) is 2.33. The normalized spacial score (nSPS) is 15.1. The summed E-state index contributed by atoms with van der Waals surface area (Å²) in [5.41, 5.74) is 5.03. The van der Waals surface area contributed by atoms with Gasteiger partial charge in [0.05, 0.1) is 0 Å². The Hall–Kier alpha value is -1.55. The summed E-state index contributed by atoms with van der Waals surface area (Å²) in [6, 6.07) is 11.7. The van der Waals surface area contributed by atoms with Crippen molar-refractivity contribution in [3.8, 4) is 0 Å². The molecular weight excluding hydrogens is 190 g/mol. The molecule has 0 spiro atoms. The zero-order chi connectivity index (χ0) is 10.9. The molecule has 82 valence electrons. The molecule has 2 amide bonds. The highest BCUT2D eigenvalue weighted by molar-refractivity contribution is 5.72. The van der Waals surface area contributed by atoms with E-state index in [0.717, 1.165) is 26.2 Å². The number of carbonyl (C=O) groups is 1. The summed E-state index contributed by atoms with van der Waals surface area (Å²) in [5.74, 6) is 0. The van der Waals surface area contributed by atoms with Crippen molar-refractivity contribution in [3.05, 3.63) is 36.4 Å². The Kier molecular flexibility index (Phi) is 5.25. The van der Waals surface area contributed by atoms with Gasteiger partial charge in [-0.1, -0.05) is 36.4 Å². The van der Waals surface area contributed by atoms with Crippen molar-refractivity contribution in [1.29, 1.82) is 0 Å². The van der Waals surface area contributed by atoms with E-state index in [9.17, 15) is 4.79 Å². The van der Waals surface area contributed by atoms with Gasteiger partial charge in [-0.25, -0.2) is 4.79 Å². The van der Waals surface area contributed by atoms with Gasteiger partial charge in [-0.2, -0.15) is 0 Å². The Morgan fingerprint density at radius 3 is 1.67 bits per heavy atom. The zero-order valence-electron chi connectivity index (χ0n) is 8.73. The van der Waals surface area contributed by atoms with Crippen LogP contribution in [0.5, 0.6) is 0 Å². The van der Waals surface area contributed by atoms with Crippen LogP contribution < -0.4 is 11.1 Å². The Morgan fingerprint density at radius 2 is 1.40 bits per heavy atom. The van der Waals surface area contributed by atoms with Gasteiger partial charge in [0.15, 0.2) is 0 Å². The van der Waals surface area contributed by atoms with Crippen LogP contribution in [0, 0.1) is 0 Å². The number of benzene rings is 1. The minimum atomic E-state index is -0.309. The van der Waals surface area contributed by atoms with Crippen molar-refractivity contribution < 1.29 is 4.79 Å². The number of piperazine rings is 1. The van der Waals surface area contributed by atoms with Crippen LogP contribution in [0.2, 0.25) is 0 Å². The van der Waals surface area contributed by atoms with Crippen molar-refractivity contribution in [2.24, 2.45) is 5.73 Å². The maximum Gasteiger partial charge on any atom is 0.314 e. The highest BCUT2D eigenvalue weighted by atomic mass is 16.2. The third kappa shape index (κ3) is 5.02. The average molecular weight is 207 g/mol. The van der Waals surface area contributed by atoms with E-state index in [1.807, 2.05) is 36.4 Å². The van der Waals surface area contributed by atoms with E-state index in [4.69, 9.17) is 5.73 Å². The number of hydrogen-bond donors (Lipinski definition) is 2. The molecule has 0 atom stereocenters. The quantitative estimate of drug-likeness (QED) is 0.656. The van der Waals surface area contributed by atoms with Crippen LogP contribution in [0.25, 0.3) is 0 Å². The molecule has 1 aromatic rings.